The number of hydrogen-bond acceptors (Lipinski definition) is 6. The lowest BCUT2D eigenvalue weighted by Gasteiger charge is -2.26. The van der Waals surface area contributed by atoms with E-state index in [1.807, 2.05) is 6.07 Å². The molecule has 3 N–H and O–H groups in total. The van der Waals surface area contributed by atoms with Crippen molar-refractivity contribution in [1.82, 2.24) is 24.8 Å². The topological polar surface area (TPSA) is 79.7 Å². The van der Waals surface area contributed by atoms with E-state index in [0.717, 1.165) is 51.0 Å². The van der Waals surface area contributed by atoms with Crippen LogP contribution in [0.3, 0.4) is 0 Å². The highest BCUT2D eigenvalue weighted by atomic mass is 19.1. The summed E-state index contributed by atoms with van der Waals surface area (Å²) in [7, 11) is 0. The van der Waals surface area contributed by atoms with Crippen LogP contribution in [0.1, 0.15) is 38.3 Å². The van der Waals surface area contributed by atoms with Gasteiger partial charge in [-0.25, -0.2) is 14.4 Å². The van der Waals surface area contributed by atoms with Crippen LogP contribution in [0.2, 0.25) is 0 Å². The zero-order valence-electron chi connectivity index (χ0n) is 18.5. The van der Waals surface area contributed by atoms with Gasteiger partial charge in [-0.1, -0.05) is 49.9 Å². The molecule has 4 aromatic rings. The van der Waals surface area contributed by atoms with Crippen LogP contribution < -0.4 is 16.0 Å². The lowest BCUT2D eigenvalue weighted by atomic mass is 10.1. The average Bonchev–Trinajstić information content (AvgIpc) is 3.21. The van der Waals surface area contributed by atoms with Gasteiger partial charge in [0.05, 0.1) is 11.9 Å². The van der Waals surface area contributed by atoms with Crippen LogP contribution in [0.15, 0.2) is 60.8 Å². The maximum atomic E-state index is 14.3. The smallest absolute Gasteiger partial charge is 0.224 e. The SMILES string of the molecule is C.Fc1ccccc1Nc1nc2cnc(NCCCc3ccccc3)nc2n1C1CCNCC1. The summed E-state index contributed by atoms with van der Waals surface area (Å²) in [6.07, 6.45) is 5.65. The Kier molecular flexibility index (Phi) is 7.69. The third-order valence-electron chi connectivity index (χ3n) is 6.00. The molecule has 5 rings (SSSR count). The molecule has 3 heterocycles. The highest BCUT2D eigenvalue weighted by Crippen LogP contribution is 2.31. The fourth-order valence-corrected chi connectivity index (χ4v) is 4.30. The fraction of sp³-hybridized carbons (Fsp3) is 0.346. The molecule has 0 unspecified atom stereocenters. The number of imidazole rings is 1. The van der Waals surface area contributed by atoms with Crippen LogP contribution in [0.5, 0.6) is 0 Å². The number of piperidine rings is 1. The molecule has 1 fully saturated rings. The van der Waals surface area contributed by atoms with Crippen molar-refractivity contribution in [3.63, 3.8) is 0 Å². The van der Waals surface area contributed by atoms with E-state index in [2.05, 4.69) is 49.8 Å². The molecule has 0 bridgehead atoms. The Morgan fingerprint density at radius 3 is 2.56 bits per heavy atom. The van der Waals surface area contributed by atoms with Gasteiger partial charge in [-0.15, -0.1) is 0 Å². The fourth-order valence-electron chi connectivity index (χ4n) is 4.30. The maximum Gasteiger partial charge on any atom is 0.224 e. The van der Waals surface area contributed by atoms with E-state index >= 15 is 0 Å². The van der Waals surface area contributed by atoms with E-state index in [4.69, 9.17) is 9.97 Å². The molecule has 1 aliphatic heterocycles. The lowest BCUT2D eigenvalue weighted by molar-refractivity contribution is 0.376. The van der Waals surface area contributed by atoms with Gasteiger partial charge in [0.15, 0.2) is 5.65 Å². The lowest BCUT2D eigenvalue weighted by Crippen LogP contribution is -2.30. The van der Waals surface area contributed by atoms with E-state index in [-0.39, 0.29) is 19.3 Å². The molecular weight excluding hydrogens is 429 g/mol. The number of halogens is 1. The van der Waals surface area contributed by atoms with Crippen molar-refractivity contribution in [3.05, 3.63) is 72.2 Å². The number of aromatic nitrogens is 4. The Morgan fingerprint density at radius 2 is 1.76 bits per heavy atom. The summed E-state index contributed by atoms with van der Waals surface area (Å²) < 4.78 is 16.4. The highest BCUT2D eigenvalue weighted by Gasteiger charge is 2.23. The molecular formula is C26H32FN7. The predicted octanol–water partition coefficient (Wildman–Crippen LogP) is 5.31. The molecule has 1 saturated heterocycles. The van der Waals surface area contributed by atoms with Gasteiger partial charge in [0.25, 0.3) is 0 Å². The largest absolute Gasteiger partial charge is 0.354 e. The number of nitrogens with one attached hydrogen (secondary N) is 3. The van der Waals surface area contributed by atoms with Crippen LogP contribution in [0.25, 0.3) is 11.2 Å². The molecule has 0 spiro atoms. The molecule has 1 aliphatic rings. The van der Waals surface area contributed by atoms with Gasteiger partial charge in [-0.2, -0.15) is 4.98 Å². The molecule has 8 heteroatoms. The standard InChI is InChI=1S/C25H28FN7.CH4/c26-20-10-4-5-11-21(20)30-25-31-22-17-29-24(28-14-6-9-18-7-2-1-3-8-18)32-23(22)33(25)19-12-15-27-16-13-19;/h1-5,7-8,10-11,17,19,27H,6,9,12-16H2,(H,30,31)(H,28,29,32);1H4. The summed E-state index contributed by atoms with van der Waals surface area (Å²) in [5, 5.41) is 9.94. The molecule has 0 atom stereocenters. The van der Waals surface area contributed by atoms with Crippen molar-refractivity contribution in [3.8, 4) is 0 Å². The summed E-state index contributed by atoms with van der Waals surface area (Å²) in [5.74, 6) is 0.869. The second-order valence-corrected chi connectivity index (χ2v) is 8.31. The second kappa shape index (κ2) is 11.1. The molecule has 0 radical (unpaired) electrons. The molecule has 0 aliphatic carbocycles. The number of fused-ring (bicyclic) bond motifs is 1. The number of nitrogens with zero attached hydrogens (tertiary/aromatic N) is 4. The zero-order chi connectivity index (χ0) is 22.5. The first-order valence-electron chi connectivity index (χ1n) is 11.5. The van der Waals surface area contributed by atoms with E-state index in [1.165, 1.54) is 11.6 Å². The van der Waals surface area contributed by atoms with Gasteiger partial charge < -0.3 is 16.0 Å². The quantitative estimate of drug-likeness (QED) is 0.309. The van der Waals surface area contributed by atoms with E-state index < -0.39 is 0 Å². The monoisotopic (exact) mass is 461 g/mol. The van der Waals surface area contributed by atoms with Gasteiger partial charge in [-0.3, -0.25) is 4.57 Å². The first-order chi connectivity index (χ1) is 16.3. The molecule has 7 nitrogen and oxygen atoms in total. The van der Waals surface area contributed by atoms with Crippen LogP contribution in [-0.4, -0.2) is 39.2 Å². The van der Waals surface area contributed by atoms with Crippen molar-refractivity contribution in [2.24, 2.45) is 0 Å². The summed E-state index contributed by atoms with van der Waals surface area (Å²) in [5.41, 5.74) is 3.18. The van der Waals surface area contributed by atoms with Crippen LogP contribution in [0.4, 0.5) is 22.0 Å². The molecule has 2 aromatic heterocycles. The molecule has 2 aromatic carbocycles. The summed E-state index contributed by atoms with van der Waals surface area (Å²) in [6, 6.07) is 17.3. The van der Waals surface area contributed by atoms with Gasteiger partial charge in [0, 0.05) is 12.6 Å². The first kappa shape index (κ1) is 23.6. The third kappa shape index (κ3) is 5.34. The summed E-state index contributed by atoms with van der Waals surface area (Å²) in [6.45, 7) is 2.64. The number of para-hydroxylation sites is 1. The van der Waals surface area contributed by atoms with Crippen molar-refractivity contribution >= 4 is 28.7 Å². The normalized spacial score (nSPS) is 14.0. The Hall–Kier alpha value is -3.52. The van der Waals surface area contributed by atoms with Crippen molar-refractivity contribution < 1.29 is 4.39 Å². The minimum absolute atomic E-state index is 0. The van der Waals surface area contributed by atoms with Crippen molar-refractivity contribution in [2.75, 3.05) is 30.3 Å². The van der Waals surface area contributed by atoms with E-state index in [9.17, 15) is 4.39 Å². The Labute approximate surface area is 199 Å². The minimum atomic E-state index is -0.312. The van der Waals surface area contributed by atoms with E-state index in [1.54, 1.807) is 24.4 Å². The first-order valence-corrected chi connectivity index (χ1v) is 11.5. The van der Waals surface area contributed by atoms with Gasteiger partial charge >= 0.3 is 0 Å². The Bertz CT molecular complexity index is 1200. The molecule has 178 valence electrons. The van der Waals surface area contributed by atoms with E-state index in [0.29, 0.717) is 23.1 Å². The molecule has 34 heavy (non-hydrogen) atoms. The highest BCUT2D eigenvalue weighted by molar-refractivity contribution is 5.76. The van der Waals surface area contributed by atoms with Crippen LogP contribution in [-0.2, 0) is 6.42 Å². The molecule has 0 amide bonds. The van der Waals surface area contributed by atoms with Crippen molar-refractivity contribution in [2.45, 2.75) is 39.2 Å². The van der Waals surface area contributed by atoms with Crippen LogP contribution >= 0.6 is 0 Å². The zero-order valence-corrected chi connectivity index (χ0v) is 18.5. The molecule has 0 saturated carbocycles. The summed E-state index contributed by atoms with van der Waals surface area (Å²) in [4.78, 5) is 14.0. The third-order valence-corrected chi connectivity index (χ3v) is 6.00. The number of hydrogen-bond donors (Lipinski definition) is 3. The number of benzene rings is 2. The maximum absolute atomic E-state index is 14.3. The Morgan fingerprint density at radius 1 is 1.00 bits per heavy atom. The van der Waals surface area contributed by atoms with Crippen molar-refractivity contribution in [1.29, 1.82) is 0 Å². The second-order valence-electron chi connectivity index (χ2n) is 8.31. The predicted molar refractivity (Wildman–Crippen MR) is 136 cm³/mol. The Balaban J connectivity index is 0.00000274. The summed E-state index contributed by atoms with van der Waals surface area (Å²) >= 11 is 0. The number of aryl methyl sites for hydroxylation is 1. The number of rotatable bonds is 8. The van der Waals surface area contributed by atoms with Crippen LogP contribution in [0, 0.1) is 5.82 Å². The number of anilines is 3. The van der Waals surface area contributed by atoms with Gasteiger partial charge in [0.1, 0.15) is 11.3 Å². The average molecular weight is 462 g/mol. The minimum Gasteiger partial charge on any atom is -0.354 e. The van der Waals surface area contributed by atoms with Gasteiger partial charge in [0.2, 0.25) is 11.9 Å². The van der Waals surface area contributed by atoms with Gasteiger partial charge in [-0.05, 0) is 56.5 Å².